The van der Waals surface area contributed by atoms with E-state index in [1.54, 1.807) is 6.07 Å². The van der Waals surface area contributed by atoms with Crippen molar-refractivity contribution >= 4 is 0 Å². The van der Waals surface area contributed by atoms with Crippen molar-refractivity contribution in [1.82, 2.24) is 9.97 Å². The highest BCUT2D eigenvalue weighted by Crippen LogP contribution is 2.39. The van der Waals surface area contributed by atoms with Gasteiger partial charge in [0, 0.05) is 11.1 Å². The summed E-state index contributed by atoms with van der Waals surface area (Å²) >= 11 is 0. The van der Waals surface area contributed by atoms with Gasteiger partial charge < -0.3 is 9.72 Å². The number of ether oxygens (including phenoxy) is 1. The highest BCUT2D eigenvalue weighted by Gasteiger charge is 2.47. The number of aromatic amines is 1. The van der Waals surface area contributed by atoms with Crippen molar-refractivity contribution in [3.63, 3.8) is 0 Å². The molecule has 158 valence electrons. The number of H-pyrrole nitrogens is 1. The molecule has 0 radical (unpaired) electrons. The zero-order chi connectivity index (χ0) is 22.4. The van der Waals surface area contributed by atoms with Gasteiger partial charge in [-0.05, 0) is 19.1 Å². The second-order valence-electron chi connectivity index (χ2n) is 5.75. The second-order valence-corrected chi connectivity index (χ2v) is 5.75. The molecule has 0 bridgehead atoms. The Kier molecular flexibility index (Phi) is 8.24. The standard InChI is InChI=1S/C15H9F6N3O2.C3H8/c1-6-8(4-22)2-7(12(16)17)3-9(6)26-10-11(15(20,21)14(18)19)23-5-24-13(10)25;1-3-2/h2-3,5,12,14H,1H3,(H,23,24,25);3H2,1-2H3. The Morgan fingerprint density at radius 2 is 1.83 bits per heavy atom. The van der Waals surface area contributed by atoms with Crippen LogP contribution >= 0.6 is 0 Å². The van der Waals surface area contributed by atoms with E-state index >= 15 is 0 Å². The van der Waals surface area contributed by atoms with Crippen LogP contribution in [0.1, 0.15) is 49.1 Å². The van der Waals surface area contributed by atoms with Crippen LogP contribution in [0, 0.1) is 18.3 Å². The third-order valence-electron chi connectivity index (χ3n) is 3.37. The lowest BCUT2D eigenvalue weighted by molar-refractivity contribution is -0.139. The zero-order valence-electron chi connectivity index (χ0n) is 15.6. The molecular weight excluding hydrogens is 404 g/mol. The summed E-state index contributed by atoms with van der Waals surface area (Å²) in [4.78, 5) is 16.7. The molecule has 1 N–H and O–H groups in total. The van der Waals surface area contributed by atoms with Crippen molar-refractivity contribution in [2.75, 3.05) is 0 Å². The SMILES string of the molecule is CCC.Cc1c(C#N)cc(C(F)F)cc1Oc1c(C(F)(F)C(F)F)nc[nH]c1=O. The Bertz CT molecular complexity index is 938. The van der Waals surface area contributed by atoms with Crippen molar-refractivity contribution in [1.29, 1.82) is 5.26 Å². The van der Waals surface area contributed by atoms with E-state index in [1.807, 2.05) is 4.98 Å². The molecule has 0 fully saturated rings. The van der Waals surface area contributed by atoms with Crippen molar-refractivity contribution < 1.29 is 31.1 Å². The van der Waals surface area contributed by atoms with E-state index in [4.69, 9.17) is 10.00 Å². The van der Waals surface area contributed by atoms with E-state index in [2.05, 4.69) is 18.8 Å². The second kappa shape index (κ2) is 9.95. The molecule has 2 aromatic rings. The maximum Gasteiger partial charge on any atom is 0.352 e. The Balaban J connectivity index is 0.00000132. The molecule has 0 saturated heterocycles. The minimum absolute atomic E-state index is 0.0496. The largest absolute Gasteiger partial charge is 0.449 e. The molecule has 1 heterocycles. The van der Waals surface area contributed by atoms with E-state index in [-0.39, 0.29) is 11.1 Å². The summed E-state index contributed by atoms with van der Waals surface area (Å²) in [7, 11) is 0. The lowest BCUT2D eigenvalue weighted by atomic mass is 10.0. The molecule has 0 atom stereocenters. The molecule has 0 unspecified atom stereocenters. The summed E-state index contributed by atoms with van der Waals surface area (Å²) in [5.74, 6) is -6.64. The number of nitrogens with one attached hydrogen (secondary N) is 1. The fourth-order valence-corrected chi connectivity index (χ4v) is 1.99. The van der Waals surface area contributed by atoms with Gasteiger partial charge in [0.25, 0.3) is 12.0 Å². The molecule has 1 aromatic carbocycles. The summed E-state index contributed by atoms with van der Waals surface area (Å²) in [5.41, 5.74) is -3.97. The first-order valence-electron chi connectivity index (χ1n) is 8.25. The van der Waals surface area contributed by atoms with Crippen LogP contribution in [0.25, 0.3) is 0 Å². The average Bonchev–Trinajstić information content (AvgIpc) is 2.64. The van der Waals surface area contributed by atoms with Crippen molar-refractivity contribution in [2.24, 2.45) is 0 Å². The molecule has 0 amide bonds. The summed E-state index contributed by atoms with van der Waals surface area (Å²) in [6.45, 7) is 5.50. The van der Waals surface area contributed by atoms with Crippen LogP contribution in [0.3, 0.4) is 0 Å². The van der Waals surface area contributed by atoms with E-state index in [9.17, 15) is 31.1 Å². The Labute approximate surface area is 162 Å². The normalized spacial score (nSPS) is 11.1. The first-order valence-corrected chi connectivity index (χ1v) is 8.25. The van der Waals surface area contributed by atoms with Gasteiger partial charge in [0.2, 0.25) is 5.75 Å². The van der Waals surface area contributed by atoms with Crippen LogP contribution in [-0.4, -0.2) is 16.4 Å². The molecule has 29 heavy (non-hydrogen) atoms. The number of alkyl halides is 6. The van der Waals surface area contributed by atoms with Crippen LogP contribution in [0.15, 0.2) is 23.3 Å². The number of hydrogen-bond acceptors (Lipinski definition) is 4. The maximum absolute atomic E-state index is 13.7. The molecule has 5 nitrogen and oxygen atoms in total. The average molecular weight is 421 g/mol. The van der Waals surface area contributed by atoms with Gasteiger partial charge >= 0.3 is 12.3 Å². The number of rotatable bonds is 5. The molecule has 0 aliphatic heterocycles. The minimum Gasteiger partial charge on any atom is -0.449 e. The van der Waals surface area contributed by atoms with Crippen LogP contribution in [0.2, 0.25) is 0 Å². The van der Waals surface area contributed by atoms with Crippen LogP contribution in [-0.2, 0) is 5.92 Å². The lowest BCUT2D eigenvalue weighted by Gasteiger charge is -2.18. The Morgan fingerprint density at radius 3 is 2.31 bits per heavy atom. The first kappa shape index (κ1) is 24.0. The predicted molar refractivity (Wildman–Crippen MR) is 91.6 cm³/mol. The van der Waals surface area contributed by atoms with Gasteiger partial charge in [-0.2, -0.15) is 14.0 Å². The van der Waals surface area contributed by atoms with Gasteiger partial charge in [-0.1, -0.05) is 20.3 Å². The number of nitrogens with zero attached hydrogens (tertiary/aromatic N) is 2. The molecule has 0 saturated carbocycles. The van der Waals surface area contributed by atoms with E-state index in [1.165, 1.54) is 13.3 Å². The fraction of sp³-hybridized carbons (Fsp3) is 0.389. The van der Waals surface area contributed by atoms with Crippen LogP contribution in [0.4, 0.5) is 26.3 Å². The van der Waals surface area contributed by atoms with Crippen molar-refractivity contribution in [3.05, 3.63) is 51.2 Å². The number of hydrogen-bond donors (Lipinski definition) is 1. The van der Waals surface area contributed by atoms with E-state index in [0.29, 0.717) is 6.33 Å². The molecule has 0 aliphatic carbocycles. The lowest BCUT2D eigenvalue weighted by Crippen LogP contribution is -2.28. The van der Waals surface area contributed by atoms with Crippen molar-refractivity contribution in [3.8, 4) is 17.6 Å². The molecule has 11 heteroatoms. The minimum atomic E-state index is -4.82. The third kappa shape index (κ3) is 5.49. The number of aromatic nitrogens is 2. The summed E-state index contributed by atoms with van der Waals surface area (Å²) < 4.78 is 83.3. The van der Waals surface area contributed by atoms with E-state index < -0.39 is 47.1 Å². The van der Waals surface area contributed by atoms with Gasteiger partial charge in [-0.15, -0.1) is 0 Å². The monoisotopic (exact) mass is 421 g/mol. The Hall–Kier alpha value is -3.03. The highest BCUT2D eigenvalue weighted by atomic mass is 19.3. The van der Waals surface area contributed by atoms with Gasteiger partial charge in [-0.3, -0.25) is 4.79 Å². The first-order chi connectivity index (χ1) is 13.5. The summed E-state index contributed by atoms with van der Waals surface area (Å²) in [6, 6.07) is 3.19. The van der Waals surface area contributed by atoms with Crippen LogP contribution < -0.4 is 10.3 Å². The summed E-state index contributed by atoms with van der Waals surface area (Å²) in [5, 5.41) is 8.98. The van der Waals surface area contributed by atoms with Crippen molar-refractivity contribution in [2.45, 2.75) is 46.0 Å². The predicted octanol–water partition coefficient (Wildman–Crippen LogP) is 5.45. The zero-order valence-corrected chi connectivity index (χ0v) is 15.6. The topological polar surface area (TPSA) is 78.8 Å². The number of benzene rings is 1. The van der Waals surface area contributed by atoms with Gasteiger partial charge in [0.15, 0.2) is 5.69 Å². The number of halogens is 6. The highest BCUT2D eigenvalue weighted by molar-refractivity contribution is 5.50. The molecule has 0 spiro atoms. The molecular formula is C18H17F6N3O2. The maximum atomic E-state index is 13.7. The molecule has 1 aromatic heterocycles. The van der Waals surface area contributed by atoms with Crippen LogP contribution in [0.5, 0.6) is 11.5 Å². The number of nitriles is 1. The third-order valence-corrected chi connectivity index (χ3v) is 3.37. The fourth-order valence-electron chi connectivity index (χ4n) is 1.99. The van der Waals surface area contributed by atoms with Gasteiger partial charge in [-0.25, -0.2) is 22.5 Å². The molecule has 2 rings (SSSR count). The van der Waals surface area contributed by atoms with Gasteiger partial charge in [0.05, 0.1) is 18.0 Å². The summed E-state index contributed by atoms with van der Waals surface area (Å²) in [6.07, 6.45) is -5.49. The van der Waals surface area contributed by atoms with E-state index in [0.717, 1.165) is 12.1 Å². The smallest absolute Gasteiger partial charge is 0.352 e. The quantitative estimate of drug-likeness (QED) is 0.651. The molecule has 0 aliphatic rings. The Morgan fingerprint density at radius 1 is 1.24 bits per heavy atom. The van der Waals surface area contributed by atoms with Gasteiger partial charge in [0.1, 0.15) is 5.75 Å².